The van der Waals surface area contributed by atoms with E-state index in [1.807, 2.05) is 25.9 Å². The lowest BCUT2D eigenvalue weighted by atomic mass is 9.85. The zero-order valence-electron chi connectivity index (χ0n) is 21.1. The van der Waals surface area contributed by atoms with Gasteiger partial charge in [0.15, 0.2) is 0 Å². The summed E-state index contributed by atoms with van der Waals surface area (Å²) < 4.78 is 0. The molecule has 0 spiro atoms. The van der Waals surface area contributed by atoms with E-state index in [2.05, 4.69) is 43.1 Å². The number of aryl methyl sites for hydroxylation is 1. The largest absolute Gasteiger partial charge is 0.369 e. The number of nitrogens with zero attached hydrogens (tertiary/aromatic N) is 4. The highest BCUT2D eigenvalue weighted by molar-refractivity contribution is 6.42. The molecule has 1 saturated heterocycles. The lowest BCUT2D eigenvalue weighted by Crippen LogP contribution is -2.48. The molecule has 1 fully saturated rings. The number of anilines is 3. The molecule has 0 bridgehead atoms. The first-order valence-electron chi connectivity index (χ1n) is 11.9. The molecule has 0 aliphatic carbocycles. The van der Waals surface area contributed by atoms with Gasteiger partial charge in [-0.05, 0) is 58.7 Å². The number of rotatable bonds is 10. The molecule has 10 nitrogen and oxygen atoms in total. The number of urea groups is 1. The minimum atomic E-state index is -0.569. The van der Waals surface area contributed by atoms with Gasteiger partial charge in [-0.2, -0.15) is 4.98 Å². The van der Waals surface area contributed by atoms with Crippen molar-refractivity contribution >= 4 is 52.6 Å². The molecule has 12 heteroatoms. The maximum atomic E-state index is 13.2. The van der Waals surface area contributed by atoms with Gasteiger partial charge in [0.25, 0.3) is 0 Å². The van der Waals surface area contributed by atoms with Crippen LogP contribution in [-0.2, 0) is 4.79 Å². The third kappa shape index (κ3) is 7.67. The third-order valence-corrected chi connectivity index (χ3v) is 6.81. The van der Waals surface area contributed by atoms with Gasteiger partial charge in [0, 0.05) is 43.6 Å². The molecular formula is C24H34Cl2N8O2. The van der Waals surface area contributed by atoms with Crippen LogP contribution in [0.25, 0.3) is 0 Å². The molecule has 1 aromatic heterocycles. The number of benzene rings is 1. The maximum absolute atomic E-state index is 13.2. The zero-order valence-corrected chi connectivity index (χ0v) is 22.6. The second-order valence-corrected chi connectivity index (χ2v) is 10.1. The van der Waals surface area contributed by atoms with E-state index >= 15 is 0 Å². The lowest BCUT2D eigenvalue weighted by Gasteiger charge is -2.29. The first-order valence-corrected chi connectivity index (χ1v) is 12.6. The Morgan fingerprint density at radius 1 is 1.14 bits per heavy atom. The average Bonchev–Trinajstić information content (AvgIpc) is 3.24. The number of amides is 3. The van der Waals surface area contributed by atoms with Gasteiger partial charge in [-0.25, -0.2) is 9.78 Å². The molecule has 3 rings (SSSR count). The molecule has 196 valence electrons. The highest BCUT2D eigenvalue weighted by atomic mass is 35.5. The number of aromatic nitrogens is 2. The van der Waals surface area contributed by atoms with Gasteiger partial charge < -0.3 is 25.8 Å². The van der Waals surface area contributed by atoms with Crippen LogP contribution in [-0.4, -0.2) is 85.1 Å². The minimum Gasteiger partial charge on any atom is -0.369 e. The molecular weight excluding hydrogens is 503 g/mol. The van der Waals surface area contributed by atoms with Gasteiger partial charge in [0.2, 0.25) is 11.9 Å². The van der Waals surface area contributed by atoms with E-state index < -0.39 is 11.4 Å². The summed E-state index contributed by atoms with van der Waals surface area (Å²) in [5.41, 5.74) is 0.584. The summed E-state index contributed by atoms with van der Waals surface area (Å²) in [4.78, 5) is 38.7. The second kappa shape index (κ2) is 12.5. The first kappa shape index (κ1) is 27.9. The third-order valence-electron chi connectivity index (χ3n) is 6.07. The van der Waals surface area contributed by atoms with Crippen LogP contribution in [0.1, 0.15) is 19.0 Å². The number of nitrogens with one attached hydrogen (secondary N) is 4. The standard InChI is InChI=1S/C24H34Cl2N8O2/c1-5-34-10-8-24(15-34,21(35)27-9-11-33(3)4)14-28-20-12-16(2)29-22(31-20)32-23(36)30-17-6-7-18(25)19(26)13-17/h6-7,12-13H,5,8-11,14-15H2,1-4H3,(H,27,35)(H3,28,29,30,31,32,36). The Hall–Kier alpha value is -2.66. The minimum absolute atomic E-state index is 0.0397. The SMILES string of the molecule is CCN1CCC(CNc2cc(C)nc(NC(=O)Nc3ccc(Cl)c(Cl)c3)n2)(C(=O)NCCN(C)C)C1. The van der Waals surface area contributed by atoms with Crippen molar-refractivity contribution in [3.8, 4) is 0 Å². The number of hydrogen-bond donors (Lipinski definition) is 4. The van der Waals surface area contributed by atoms with Gasteiger partial charge >= 0.3 is 6.03 Å². The summed E-state index contributed by atoms with van der Waals surface area (Å²) in [7, 11) is 3.96. The maximum Gasteiger partial charge on any atom is 0.326 e. The van der Waals surface area contributed by atoms with E-state index in [4.69, 9.17) is 23.2 Å². The van der Waals surface area contributed by atoms with Crippen LogP contribution in [0.4, 0.5) is 22.2 Å². The van der Waals surface area contributed by atoms with Gasteiger partial charge in [-0.15, -0.1) is 0 Å². The van der Waals surface area contributed by atoms with E-state index in [1.165, 1.54) is 0 Å². The Balaban J connectivity index is 1.66. The molecule has 1 unspecified atom stereocenters. The number of carbonyl (C=O) groups is 2. The number of hydrogen-bond acceptors (Lipinski definition) is 7. The van der Waals surface area contributed by atoms with Crippen molar-refractivity contribution in [3.63, 3.8) is 0 Å². The summed E-state index contributed by atoms with van der Waals surface area (Å²) in [5.74, 6) is 0.710. The molecule has 0 radical (unpaired) electrons. The lowest BCUT2D eigenvalue weighted by molar-refractivity contribution is -0.129. The molecule has 36 heavy (non-hydrogen) atoms. The molecule has 2 heterocycles. The number of likely N-dealkylation sites (N-methyl/N-ethyl adjacent to an activating group) is 1. The molecule has 1 atom stereocenters. The Morgan fingerprint density at radius 3 is 2.58 bits per heavy atom. The number of halogens is 2. The van der Waals surface area contributed by atoms with E-state index in [0.717, 1.165) is 26.1 Å². The van der Waals surface area contributed by atoms with Crippen molar-refractivity contribution in [1.82, 2.24) is 25.1 Å². The quantitative estimate of drug-likeness (QED) is 0.367. The van der Waals surface area contributed by atoms with E-state index in [-0.39, 0.29) is 11.9 Å². The predicted molar refractivity (Wildman–Crippen MR) is 145 cm³/mol. The topological polar surface area (TPSA) is 115 Å². The highest BCUT2D eigenvalue weighted by Gasteiger charge is 2.44. The normalized spacial score (nSPS) is 17.8. The van der Waals surface area contributed by atoms with Crippen molar-refractivity contribution in [1.29, 1.82) is 0 Å². The molecule has 1 aromatic carbocycles. The van der Waals surface area contributed by atoms with Crippen molar-refractivity contribution in [2.45, 2.75) is 20.3 Å². The summed E-state index contributed by atoms with van der Waals surface area (Å²) in [5, 5.41) is 12.5. The van der Waals surface area contributed by atoms with Crippen LogP contribution >= 0.6 is 23.2 Å². The molecule has 0 saturated carbocycles. The van der Waals surface area contributed by atoms with Gasteiger partial charge in [0.05, 0.1) is 15.5 Å². The zero-order chi connectivity index (χ0) is 26.3. The molecule has 2 aromatic rings. The van der Waals surface area contributed by atoms with Gasteiger partial charge in [-0.3, -0.25) is 10.1 Å². The predicted octanol–water partition coefficient (Wildman–Crippen LogP) is 3.54. The van der Waals surface area contributed by atoms with Crippen LogP contribution in [0, 0.1) is 12.3 Å². The van der Waals surface area contributed by atoms with Crippen molar-refractivity contribution < 1.29 is 9.59 Å². The van der Waals surface area contributed by atoms with E-state index in [1.54, 1.807) is 24.3 Å². The molecule has 1 aliphatic heterocycles. The number of likely N-dealkylation sites (tertiary alicyclic amines) is 1. The van der Waals surface area contributed by atoms with Crippen LogP contribution in [0.5, 0.6) is 0 Å². The second-order valence-electron chi connectivity index (χ2n) is 9.24. The summed E-state index contributed by atoms with van der Waals surface area (Å²) in [6, 6.07) is 6.06. The fraction of sp³-hybridized carbons (Fsp3) is 0.500. The Morgan fingerprint density at radius 2 is 1.92 bits per heavy atom. The van der Waals surface area contributed by atoms with Crippen molar-refractivity contribution in [2.24, 2.45) is 5.41 Å². The Kier molecular flexibility index (Phi) is 9.72. The van der Waals surface area contributed by atoms with Crippen LogP contribution in [0.15, 0.2) is 24.3 Å². The Labute approximate surface area is 222 Å². The monoisotopic (exact) mass is 536 g/mol. The molecule has 1 aliphatic rings. The van der Waals surface area contributed by atoms with Crippen LogP contribution < -0.4 is 21.3 Å². The van der Waals surface area contributed by atoms with Crippen molar-refractivity contribution in [2.75, 3.05) is 69.3 Å². The summed E-state index contributed by atoms with van der Waals surface area (Å²) in [6.45, 7) is 8.13. The smallest absolute Gasteiger partial charge is 0.326 e. The van der Waals surface area contributed by atoms with Gasteiger partial charge in [-0.1, -0.05) is 30.1 Å². The first-order chi connectivity index (χ1) is 17.1. The van der Waals surface area contributed by atoms with Crippen LogP contribution in [0.3, 0.4) is 0 Å². The van der Waals surface area contributed by atoms with E-state index in [9.17, 15) is 9.59 Å². The highest BCUT2D eigenvalue weighted by Crippen LogP contribution is 2.31. The summed E-state index contributed by atoms with van der Waals surface area (Å²) in [6.07, 6.45) is 0.753. The van der Waals surface area contributed by atoms with Crippen molar-refractivity contribution in [3.05, 3.63) is 40.0 Å². The van der Waals surface area contributed by atoms with Gasteiger partial charge in [0.1, 0.15) is 5.82 Å². The summed E-state index contributed by atoms with van der Waals surface area (Å²) >= 11 is 11.9. The van der Waals surface area contributed by atoms with E-state index in [0.29, 0.717) is 46.9 Å². The van der Waals surface area contributed by atoms with Crippen LogP contribution in [0.2, 0.25) is 10.0 Å². The Bertz CT molecular complexity index is 1080. The average molecular weight is 537 g/mol. The fourth-order valence-corrected chi connectivity index (χ4v) is 4.33. The molecule has 4 N–H and O–H groups in total. The molecule has 3 amide bonds. The number of carbonyl (C=O) groups excluding carboxylic acids is 2. The fourth-order valence-electron chi connectivity index (χ4n) is 4.03.